The molecule has 0 spiro atoms. The van der Waals surface area contributed by atoms with Crippen LogP contribution in [-0.2, 0) is 33.1 Å². The topological polar surface area (TPSA) is 109 Å². The highest BCUT2D eigenvalue weighted by molar-refractivity contribution is 6.35. The summed E-state index contributed by atoms with van der Waals surface area (Å²) in [5, 5.41) is 15.4. The van der Waals surface area contributed by atoms with Crippen molar-refractivity contribution in [1.29, 1.82) is 0 Å². The van der Waals surface area contributed by atoms with Crippen LogP contribution in [-0.4, -0.2) is 39.2 Å². The van der Waals surface area contributed by atoms with E-state index in [0.29, 0.717) is 41.4 Å². The number of rotatable bonds is 7. The molecule has 0 bridgehead atoms. The molecule has 4 rings (SSSR count). The summed E-state index contributed by atoms with van der Waals surface area (Å²) >= 11 is 18.5. The number of hydrogen-bond acceptors (Lipinski definition) is 6. The van der Waals surface area contributed by atoms with Crippen molar-refractivity contribution >= 4 is 34.8 Å². The molecule has 0 saturated carbocycles. The van der Waals surface area contributed by atoms with Crippen LogP contribution in [0.2, 0.25) is 15.1 Å². The smallest absolute Gasteiger partial charge is 0.291 e. The summed E-state index contributed by atoms with van der Waals surface area (Å²) in [6, 6.07) is 12.8. The van der Waals surface area contributed by atoms with Crippen LogP contribution in [0, 0.1) is 10.1 Å². The first-order valence-electron chi connectivity index (χ1n) is 9.66. The van der Waals surface area contributed by atoms with Gasteiger partial charge in [0.2, 0.25) is 5.79 Å². The van der Waals surface area contributed by atoms with Crippen molar-refractivity contribution in [2.45, 2.75) is 25.0 Å². The van der Waals surface area contributed by atoms with E-state index in [4.69, 9.17) is 64.3 Å². The second-order valence-corrected chi connectivity index (χ2v) is 8.32. The minimum atomic E-state index is -1.50. The van der Waals surface area contributed by atoms with E-state index < -0.39 is 10.9 Å². The van der Waals surface area contributed by atoms with Crippen molar-refractivity contribution in [2.24, 2.45) is 0 Å². The van der Waals surface area contributed by atoms with Crippen LogP contribution in [0.4, 0.5) is 0 Å². The van der Waals surface area contributed by atoms with Gasteiger partial charge in [-0.25, -0.2) is 4.98 Å². The Bertz CT molecular complexity index is 1050. The van der Waals surface area contributed by atoms with E-state index >= 15 is 0 Å². The lowest BCUT2D eigenvalue weighted by atomic mass is 10.1. The number of nitrogens with zero attached hydrogens (tertiary/aromatic N) is 3. The minimum absolute atomic E-state index is 0.238. The quantitative estimate of drug-likeness (QED) is 0.348. The Morgan fingerprint density at radius 3 is 2.55 bits per heavy atom. The summed E-state index contributed by atoms with van der Waals surface area (Å²) in [4.78, 5) is 12.5. The van der Waals surface area contributed by atoms with Crippen molar-refractivity contribution in [1.82, 2.24) is 9.55 Å². The number of hydrogen-bond donors (Lipinski definition) is 1. The normalized spacial score (nSPS) is 19.7. The third-order valence-electron chi connectivity index (χ3n) is 4.64. The molecule has 176 valence electrons. The lowest BCUT2D eigenvalue weighted by molar-refractivity contribution is -0.742. The largest absolute Gasteiger partial charge is 0.374 e. The van der Waals surface area contributed by atoms with Crippen LogP contribution in [0.25, 0.3) is 0 Å². The molecule has 1 fully saturated rings. The van der Waals surface area contributed by atoms with Gasteiger partial charge in [0.25, 0.3) is 5.09 Å². The number of aromatic nitrogens is 2. The average Bonchev–Trinajstić information content (AvgIpc) is 3.40. The van der Waals surface area contributed by atoms with Crippen molar-refractivity contribution < 1.29 is 24.5 Å². The SMILES string of the molecule is Clc1ccc(COCC2COC(Cn3ccnc3)(c3ccc(Cl)cc3Cl)O2)cc1.O=[N+]([O-])O. The Hall–Kier alpha value is -2.40. The number of ether oxygens (including phenoxy) is 3. The van der Waals surface area contributed by atoms with Gasteiger partial charge in [-0.2, -0.15) is 0 Å². The molecule has 2 atom stereocenters. The first-order chi connectivity index (χ1) is 15.8. The van der Waals surface area contributed by atoms with E-state index in [0.717, 1.165) is 11.1 Å². The van der Waals surface area contributed by atoms with Gasteiger partial charge in [-0.15, -0.1) is 10.1 Å². The fourth-order valence-corrected chi connectivity index (χ4v) is 3.94. The fraction of sp³-hybridized carbons (Fsp3) is 0.286. The zero-order valence-electron chi connectivity index (χ0n) is 17.1. The molecule has 1 aliphatic rings. The van der Waals surface area contributed by atoms with Gasteiger partial charge in [-0.3, -0.25) is 0 Å². The van der Waals surface area contributed by atoms with Crippen molar-refractivity contribution in [3.63, 3.8) is 0 Å². The van der Waals surface area contributed by atoms with E-state index in [1.54, 1.807) is 24.7 Å². The summed E-state index contributed by atoms with van der Waals surface area (Å²) in [6.07, 6.45) is 5.03. The van der Waals surface area contributed by atoms with Crippen LogP contribution < -0.4 is 0 Å². The van der Waals surface area contributed by atoms with Crippen LogP contribution in [0.3, 0.4) is 0 Å². The lowest BCUT2D eigenvalue weighted by Crippen LogP contribution is -2.34. The number of benzene rings is 2. The molecule has 33 heavy (non-hydrogen) atoms. The Morgan fingerprint density at radius 1 is 1.21 bits per heavy atom. The summed E-state index contributed by atoms with van der Waals surface area (Å²) in [7, 11) is 0. The maximum absolute atomic E-state index is 8.36. The zero-order valence-corrected chi connectivity index (χ0v) is 19.4. The summed E-state index contributed by atoms with van der Waals surface area (Å²) in [5.41, 5.74) is 1.76. The molecule has 1 aromatic heterocycles. The predicted octanol–water partition coefficient (Wildman–Crippen LogP) is 4.98. The Labute approximate surface area is 204 Å². The monoisotopic (exact) mass is 515 g/mol. The van der Waals surface area contributed by atoms with Gasteiger partial charge in [0, 0.05) is 28.0 Å². The highest BCUT2D eigenvalue weighted by Gasteiger charge is 2.45. The Balaban J connectivity index is 0.000000709. The fourth-order valence-electron chi connectivity index (χ4n) is 3.26. The molecule has 9 nitrogen and oxygen atoms in total. The minimum Gasteiger partial charge on any atom is -0.374 e. The molecular formula is C21H20Cl3N3O6. The highest BCUT2D eigenvalue weighted by atomic mass is 35.5. The molecule has 2 aromatic carbocycles. The summed E-state index contributed by atoms with van der Waals surface area (Å²) < 4.78 is 20.2. The van der Waals surface area contributed by atoms with E-state index in [1.807, 2.05) is 41.1 Å². The maximum Gasteiger partial charge on any atom is 0.291 e. The van der Waals surface area contributed by atoms with Gasteiger partial charge < -0.3 is 24.0 Å². The molecule has 1 N–H and O–H groups in total. The third kappa shape index (κ3) is 7.29. The Morgan fingerprint density at radius 2 is 1.91 bits per heavy atom. The molecule has 2 heterocycles. The standard InChI is InChI=1S/C21H19Cl3N2O3.HNO3/c22-16-3-1-15(2-4-16)10-27-11-18-12-28-21(29-18,13-26-8-7-25-14-26)19-6-5-17(23)9-20(19)24;2-1(3)4/h1-9,14,18H,10-13H2;(H,2,3,4). The van der Waals surface area contributed by atoms with Crippen LogP contribution >= 0.6 is 34.8 Å². The summed E-state index contributed by atoms with van der Waals surface area (Å²) in [5.74, 6) is -1.04. The van der Waals surface area contributed by atoms with Crippen molar-refractivity contribution in [3.05, 3.63) is 97.5 Å². The molecule has 1 aliphatic heterocycles. The van der Waals surface area contributed by atoms with Gasteiger partial charge in [0.15, 0.2) is 0 Å². The van der Waals surface area contributed by atoms with Gasteiger partial charge >= 0.3 is 0 Å². The molecule has 1 saturated heterocycles. The number of halogens is 3. The van der Waals surface area contributed by atoms with Gasteiger partial charge in [0.1, 0.15) is 6.10 Å². The second-order valence-electron chi connectivity index (χ2n) is 7.04. The maximum atomic E-state index is 8.36. The van der Waals surface area contributed by atoms with E-state index in [2.05, 4.69) is 4.98 Å². The second kappa shape index (κ2) is 11.6. The van der Waals surface area contributed by atoms with Crippen molar-refractivity contribution in [3.8, 4) is 0 Å². The molecule has 0 radical (unpaired) electrons. The van der Waals surface area contributed by atoms with Gasteiger partial charge in [0.05, 0.1) is 37.7 Å². The zero-order chi connectivity index (χ0) is 23.8. The molecule has 2 unspecified atom stereocenters. The predicted molar refractivity (Wildman–Crippen MR) is 121 cm³/mol. The van der Waals surface area contributed by atoms with Gasteiger partial charge in [-0.1, -0.05) is 53.0 Å². The van der Waals surface area contributed by atoms with Crippen molar-refractivity contribution in [2.75, 3.05) is 13.2 Å². The lowest BCUT2D eigenvalue weighted by Gasteiger charge is -2.30. The molecule has 0 aliphatic carbocycles. The first-order valence-corrected chi connectivity index (χ1v) is 10.8. The Kier molecular flexibility index (Phi) is 8.90. The summed E-state index contributed by atoms with van der Waals surface area (Å²) in [6.45, 7) is 1.64. The average molecular weight is 517 g/mol. The van der Waals surface area contributed by atoms with Crippen LogP contribution in [0.1, 0.15) is 11.1 Å². The van der Waals surface area contributed by atoms with Crippen LogP contribution in [0.5, 0.6) is 0 Å². The van der Waals surface area contributed by atoms with Gasteiger partial charge in [-0.05, 0) is 29.8 Å². The number of imidazole rings is 1. The molecule has 0 amide bonds. The molecule has 12 heteroatoms. The van der Waals surface area contributed by atoms with E-state index in [1.165, 1.54) is 0 Å². The molecular weight excluding hydrogens is 497 g/mol. The molecule has 3 aromatic rings. The third-order valence-corrected chi connectivity index (χ3v) is 5.44. The highest BCUT2D eigenvalue weighted by Crippen LogP contribution is 2.40. The van der Waals surface area contributed by atoms with E-state index in [9.17, 15) is 0 Å². The van der Waals surface area contributed by atoms with E-state index in [-0.39, 0.29) is 6.10 Å². The van der Waals surface area contributed by atoms with Crippen LogP contribution in [0.15, 0.2) is 61.2 Å². The first kappa shape index (κ1) is 25.2.